The minimum atomic E-state index is -0.00945. The number of carbonyl (C=O) groups is 1. The summed E-state index contributed by atoms with van der Waals surface area (Å²) in [6.45, 7) is 2.48. The number of amides is 1. The molecule has 0 aliphatic heterocycles. The van der Waals surface area contributed by atoms with E-state index in [1.165, 1.54) is 0 Å². The lowest BCUT2D eigenvalue weighted by molar-refractivity contribution is -0.116. The molecule has 0 saturated carbocycles. The molecule has 0 aliphatic carbocycles. The van der Waals surface area contributed by atoms with Crippen LogP contribution in [0.5, 0.6) is 0 Å². The van der Waals surface area contributed by atoms with Gasteiger partial charge in [0.25, 0.3) is 0 Å². The number of carbonyl (C=O) groups excluding carboxylic acids is 1. The molecule has 0 saturated heterocycles. The van der Waals surface area contributed by atoms with Crippen LogP contribution in [0.3, 0.4) is 0 Å². The Morgan fingerprint density at radius 2 is 2.16 bits per heavy atom. The largest absolute Gasteiger partial charge is 0.330 e. The molecule has 1 aromatic carbocycles. The molecule has 0 bridgehead atoms. The summed E-state index contributed by atoms with van der Waals surface area (Å²) in [6, 6.07) is 9.41. The van der Waals surface area contributed by atoms with Crippen molar-refractivity contribution in [3.05, 3.63) is 42.7 Å². The van der Waals surface area contributed by atoms with Gasteiger partial charge in [-0.3, -0.25) is 4.79 Å². The van der Waals surface area contributed by atoms with Gasteiger partial charge in [0.05, 0.1) is 5.69 Å². The molecule has 0 fully saturated rings. The average molecular weight is 258 g/mol. The van der Waals surface area contributed by atoms with E-state index in [1.54, 1.807) is 10.9 Å². The average Bonchev–Trinajstić information content (AvgIpc) is 2.93. The van der Waals surface area contributed by atoms with Crippen LogP contribution in [0.1, 0.15) is 13.3 Å². The summed E-state index contributed by atoms with van der Waals surface area (Å²) in [5.41, 5.74) is 7.24. The summed E-state index contributed by atoms with van der Waals surface area (Å²) >= 11 is 0. The highest BCUT2D eigenvalue weighted by Gasteiger charge is 2.07. The van der Waals surface area contributed by atoms with Gasteiger partial charge in [0.2, 0.25) is 5.91 Å². The van der Waals surface area contributed by atoms with E-state index in [-0.39, 0.29) is 11.8 Å². The Bertz CT molecular complexity index is 519. The Labute approximate surface area is 112 Å². The second-order valence-electron chi connectivity index (χ2n) is 4.59. The SMILES string of the molecule is CC(CN)CC(=O)Nc1ccc(-n2cccn2)cc1. The van der Waals surface area contributed by atoms with Gasteiger partial charge in [0, 0.05) is 24.5 Å². The number of anilines is 1. The number of nitrogens with two attached hydrogens (primary N) is 1. The van der Waals surface area contributed by atoms with Gasteiger partial charge >= 0.3 is 0 Å². The standard InChI is InChI=1S/C14H18N4O/c1-11(10-15)9-14(19)17-12-3-5-13(6-4-12)18-8-2-7-16-18/h2-8,11H,9-10,15H2,1H3,(H,17,19). The minimum absolute atomic E-state index is 0.00945. The fourth-order valence-corrected chi connectivity index (χ4v) is 1.73. The third-order valence-electron chi connectivity index (χ3n) is 2.86. The molecule has 0 radical (unpaired) electrons. The van der Waals surface area contributed by atoms with Crippen molar-refractivity contribution in [2.75, 3.05) is 11.9 Å². The topological polar surface area (TPSA) is 72.9 Å². The summed E-state index contributed by atoms with van der Waals surface area (Å²) in [4.78, 5) is 11.7. The van der Waals surface area contributed by atoms with Gasteiger partial charge in [-0.1, -0.05) is 6.92 Å². The van der Waals surface area contributed by atoms with Crippen LogP contribution in [0.4, 0.5) is 5.69 Å². The number of nitrogens with one attached hydrogen (secondary N) is 1. The van der Waals surface area contributed by atoms with E-state index in [4.69, 9.17) is 5.73 Å². The Morgan fingerprint density at radius 1 is 1.42 bits per heavy atom. The molecule has 0 spiro atoms. The van der Waals surface area contributed by atoms with Crippen molar-refractivity contribution in [1.29, 1.82) is 0 Å². The predicted octanol–water partition coefficient (Wildman–Crippen LogP) is 1.80. The molecule has 1 atom stereocenters. The van der Waals surface area contributed by atoms with E-state index in [9.17, 15) is 4.79 Å². The van der Waals surface area contributed by atoms with Crippen LogP contribution in [0.15, 0.2) is 42.7 Å². The minimum Gasteiger partial charge on any atom is -0.330 e. The van der Waals surface area contributed by atoms with Crippen LogP contribution in [0, 0.1) is 5.92 Å². The summed E-state index contributed by atoms with van der Waals surface area (Å²) in [5, 5.41) is 7.00. The molecule has 19 heavy (non-hydrogen) atoms. The van der Waals surface area contributed by atoms with E-state index in [0.29, 0.717) is 13.0 Å². The molecule has 1 heterocycles. The highest BCUT2D eigenvalue weighted by molar-refractivity contribution is 5.90. The lowest BCUT2D eigenvalue weighted by Crippen LogP contribution is -2.20. The molecule has 2 rings (SSSR count). The zero-order chi connectivity index (χ0) is 13.7. The number of benzene rings is 1. The molecule has 3 N–H and O–H groups in total. The van der Waals surface area contributed by atoms with Crippen LogP contribution in [-0.2, 0) is 4.79 Å². The van der Waals surface area contributed by atoms with Crippen LogP contribution in [0.2, 0.25) is 0 Å². The summed E-state index contributed by atoms with van der Waals surface area (Å²) < 4.78 is 1.77. The quantitative estimate of drug-likeness (QED) is 0.858. The highest BCUT2D eigenvalue weighted by Crippen LogP contribution is 2.13. The maximum absolute atomic E-state index is 11.7. The Kier molecular flexibility index (Phi) is 4.30. The van der Waals surface area contributed by atoms with Crippen molar-refractivity contribution in [2.45, 2.75) is 13.3 Å². The van der Waals surface area contributed by atoms with Crippen molar-refractivity contribution >= 4 is 11.6 Å². The first-order valence-electron chi connectivity index (χ1n) is 6.29. The normalized spacial score (nSPS) is 12.1. The van der Waals surface area contributed by atoms with Gasteiger partial charge < -0.3 is 11.1 Å². The number of hydrogen-bond donors (Lipinski definition) is 2. The molecular formula is C14H18N4O. The number of hydrogen-bond acceptors (Lipinski definition) is 3. The molecule has 1 amide bonds. The third-order valence-corrected chi connectivity index (χ3v) is 2.86. The Hall–Kier alpha value is -2.14. The molecule has 1 unspecified atom stereocenters. The lowest BCUT2D eigenvalue weighted by Gasteiger charge is -2.09. The highest BCUT2D eigenvalue weighted by atomic mass is 16.1. The van der Waals surface area contributed by atoms with Crippen molar-refractivity contribution in [3.63, 3.8) is 0 Å². The summed E-state index contributed by atoms with van der Waals surface area (Å²) in [7, 11) is 0. The predicted molar refractivity (Wildman–Crippen MR) is 75.0 cm³/mol. The number of aromatic nitrogens is 2. The second-order valence-corrected chi connectivity index (χ2v) is 4.59. The molecule has 100 valence electrons. The molecule has 5 heteroatoms. The first kappa shape index (κ1) is 13.3. The number of nitrogens with zero attached hydrogens (tertiary/aromatic N) is 2. The van der Waals surface area contributed by atoms with Gasteiger partial charge in [-0.2, -0.15) is 5.10 Å². The smallest absolute Gasteiger partial charge is 0.224 e. The maximum Gasteiger partial charge on any atom is 0.224 e. The lowest BCUT2D eigenvalue weighted by atomic mass is 10.1. The van der Waals surface area contributed by atoms with Gasteiger partial charge in [-0.25, -0.2) is 4.68 Å². The maximum atomic E-state index is 11.7. The van der Waals surface area contributed by atoms with Gasteiger partial charge in [-0.05, 0) is 42.8 Å². The first-order valence-corrected chi connectivity index (χ1v) is 6.29. The zero-order valence-electron chi connectivity index (χ0n) is 10.9. The fourth-order valence-electron chi connectivity index (χ4n) is 1.73. The second kappa shape index (κ2) is 6.15. The van der Waals surface area contributed by atoms with Crippen LogP contribution in [0.25, 0.3) is 5.69 Å². The van der Waals surface area contributed by atoms with Crippen LogP contribution in [-0.4, -0.2) is 22.2 Å². The van der Waals surface area contributed by atoms with E-state index in [1.807, 2.05) is 43.5 Å². The Balaban J connectivity index is 1.97. The van der Waals surface area contributed by atoms with Crippen molar-refractivity contribution in [3.8, 4) is 5.69 Å². The molecule has 5 nitrogen and oxygen atoms in total. The first-order chi connectivity index (χ1) is 9.19. The van der Waals surface area contributed by atoms with E-state index in [2.05, 4.69) is 10.4 Å². The molecule has 2 aromatic rings. The van der Waals surface area contributed by atoms with Gasteiger partial charge in [0.15, 0.2) is 0 Å². The van der Waals surface area contributed by atoms with Gasteiger partial charge in [-0.15, -0.1) is 0 Å². The third kappa shape index (κ3) is 3.66. The van der Waals surface area contributed by atoms with E-state index < -0.39 is 0 Å². The van der Waals surface area contributed by atoms with Crippen molar-refractivity contribution in [2.24, 2.45) is 11.7 Å². The van der Waals surface area contributed by atoms with Crippen LogP contribution >= 0.6 is 0 Å². The zero-order valence-corrected chi connectivity index (χ0v) is 10.9. The van der Waals surface area contributed by atoms with Crippen molar-refractivity contribution < 1.29 is 4.79 Å². The summed E-state index contributed by atoms with van der Waals surface area (Å²) in [6.07, 6.45) is 4.04. The fraction of sp³-hybridized carbons (Fsp3) is 0.286. The van der Waals surface area contributed by atoms with E-state index in [0.717, 1.165) is 11.4 Å². The number of rotatable bonds is 5. The van der Waals surface area contributed by atoms with Crippen LogP contribution < -0.4 is 11.1 Å². The Morgan fingerprint density at radius 3 is 2.74 bits per heavy atom. The van der Waals surface area contributed by atoms with E-state index >= 15 is 0 Å². The van der Waals surface area contributed by atoms with Crippen molar-refractivity contribution in [1.82, 2.24) is 9.78 Å². The molecular weight excluding hydrogens is 240 g/mol. The summed E-state index contributed by atoms with van der Waals surface area (Å²) in [5.74, 6) is 0.188. The monoisotopic (exact) mass is 258 g/mol. The van der Waals surface area contributed by atoms with Gasteiger partial charge in [0.1, 0.15) is 0 Å². The molecule has 1 aromatic heterocycles. The molecule has 0 aliphatic rings.